The number of amidine groups is 1. The molecule has 0 spiro atoms. The molecule has 1 rings (SSSR count). The Bertz CT molecular complexity index is 199. The number of nitrogens with two attached hydrogens (primary N) is 1. The van der Waals surface area contributed by atoms with E-state index in [0.29, 0.717) is 12.6 Å². The molecule has 1 aliphatic rings. The first-order valence-corrected chi connectivity index (χ1v) is 4.00. The lowest BCUT2D eigenvalue weighted by atomic mass is 10.6. The van der Waals surface area contributed by atoms with Crippen molar-refractivity contribution >= 4 is 11.8 Å². The van der Waals surface area contributed by atoms with Crippen molar-refractivity contribution in [3.8, 4) is 0 Å². The van der Waals surface area contributed by atoms with Gasteiger partial charge in [-0.2, -0.15) is 5.10 Å². The Morgan fingerprint density at radius 1 is 1.75 bits per heavy atom. The van der Waals surface area contributed by atoms with Gasteiger partial charge in [0, 0.05) is 6.04 Å². The highest BCUT2D eigenvalue weighted by atomic mass is 16.5. The van der Waals surface area contributed by atoms with E-state index in [1.54, 1.807) is 6.92 Å². The molecule has 0 bridgehead atoms. The van der Waals surface area contributed by atoms with Crippen LogP contribution in [0.1, 0.15) is 19.8 Å². The maximum Gasteiger partial charge on any atom is 0.375 e. The van der Waals surface area contributed by atoms with Crippen molar-refractivity contribution in [3.05, 3.63) is 0 Å². The van der Waals surface area contributed by atoms with Gasteiger partial charge in [0.1, 0.15) is 0 Å². The van der Waals surface area contributed by atoms with Crippen LogP contribution in [0.4, 0.5) is 0 Å². The number of ether oxygens (including phenoxy) is 1. The second-order valence-electron chi connectivity index (χ2n) is 2.62. The predicted molar refractivity (Wildman–Crippen MR) is 44.4 cm³/mol. The summed E-state index contributed by atoms with van der Waals surface area (Å²) in [6.07, 6.45) is 2.19. The SMILES string of the molecule is CCOC(=O)C(N)=NNC1CC1. The lowest BCUT2D eigenvalue weighted by molar-refractivity contribution is -0.135. The fourth-order valence-corrected chi connectivity index (χ4v) is 0.624. The molecule has 0 aromatic carbocycles. The van der Waals surface area contributed by atoms with Gasteiger partial charge in [-0.1, -0.05) is 0 Å². The molecule has 5 nitrogen and oxygen atoms in total. The van der Waals surface area contributed by atoms with Gasteiger partial charge in [-0.15, -0.1) is 0 Å². The molecule has 0 aliphatic heterocycles. The van der Waals surface area contributed by atoms with Gasteiger partial charge in [-0.3, -0.25) is 0 Å². The van der Waals surface area contributed by atoms with E-state index >= 15 is 0 Å². The van der Waals surface area contributed by atoms with Gasteiger partial charge in [0.2, 0.25) is 5.84 Å². The number of hydrogen-bond donors (Lipinski definition) is 2. The van der Waals surface area contributed by atoms with Crippen LogP contribution in [-0.2, 0) is 9.53 Å². The Kier molecular flexibility index (Phi) is 2.90. The van der Waals surface area contributed by atoms with Crippen LogP contribution in [0.15, 0.2) is 5.10 Å². The average Bonchev–Trinajstić information content (AvgIpc) is 2.83. The molecule has 0 radical (unpaired) electrons. The highest BCUT2D eigenvalue weighted by Gasteiger charge is 2.20. The third-order valence-corrected chi connectivity index (χ3v) is 1.43. The van der Waals surface area contributed by atoms with Gasteiger partial charge in [0.25, 0.3) is 0 Å². The Hall–Kier alpha value is -1.26. The molecule has 0 aromatic rings. The number of carbonyl (C=O) groups is 1. The zero-order chi connectivity index (χ0) is 8.97. The number of hydrogen-bond acceptors (Lipinski definition) is 4. The molecule has 0 amide bonds. The minimum atomic E-state index is -0.564. The van der Waals surface area contributed by atoms with E-state index in [1.165, 1.54) is 0 Å². The van der Waals surface area contributed by atoms with Crippen molar-refractivity contribution in [1.29, 1.82) is 0 Å². The summed E-state index contributed by atoms with van der Waals surface area (Å²) in [4.78, 5) is 10.9. The summed E-state index contributed by atoms with van der Waals surface area (Å²) >= 11 is 0. The average molecular weight is 171 g/mol. The van der Waals surface area contributed by atoms with Gasteiger partial charge in [-0.25, -0.2) is 4.79 Å². The summed E-state index contributed by atoms with van der Waals surface area (Å²) in [5.74, 6) is -0.672. The molecule has 0 aromatic heterocycles. The van der Waals surface area contributed by atoms with E-state index in [4.69, 9.17) is 5.73 Å². The Balaban J connectivity index is 2.27. The van der Waals surface area contributed by atoms with Gasteiger partial charge < -0.3 is 15.9 Å². The first kappa shape index (κ1) is 8.83. The van der Waals surface area contributed by atoms with Crippen LogP contribution in [0.3, 0.4) is 0 Å². The second kappa shape index (κ2) is 3.94. The summed E-state index contributed by atoms with van der Waals surface area (Å²) in [7, 11) is 0. The van der Waals surface area contributed by atoms with Crippen molar-refractivity contribution in [2.45, 2.75) is 25.8 Å². The fourth-order valence-electron chi connectivity index (χ4n) is 0.624. The molecule has 5 heteroatoms. The van der Waals surface area contributed by atoms with Crippen molar-refractivity contribution in [2.24, 2.45) is 10.8 Å². The van der Waals surface area contributed by atoms with Crippen LogP contribution in [0.5, 0.6) is 0 Å². The molecule has 0 saturated heterocycles. The number of rotatable bonds is 3. The molecule has 0 atom stereocenters. The van der Waals surface area contributed by atoms with Crippen LogP contribution >= 0.6 is 0 Å². The zero-order valence-corrected chi connectivity index (χ0v) is 7.04. The Labute approximate surface area is 71.0 Å². The van der Waals surface area contributed by atoms with E-state index in [9.17, 15) is 4.79 Å². The lowest BCUT2D eigenvalue weighted by Gasteiger charge is -2.00. The minimum Gasteiger partial charge on any atom is -0.460 e. The predicted octanol–water partition coefficient (Wildman–Crippen LogP) is -0.426. The molecular weight excluding hydrogens is 158 g/mol. The summed E-state index contributed by atoms with van der Waals surface area (Å²) in [6, 6.07) is 0.401. The summed E-state index contributed by atoms with van der Waals surface area (Å²) < 4.78 is 4.62. The molecule has 1 saturated carbocycles. The maximum atomic E-state index is 10.9. The van der Waals surface area contributed by atoms with E-state index in [2.05, 4.69) is 15.3 Å². The van der Waals surface area contributed by atoms with E-state index in [0.717, 1.165) is 12.8 Å². The van der Waals surface area contributed by atoms with Crippen LogP contribution in [-0.4, -0.2) is 24.5 Å². The smallest absolute Gasteiger partial charge is 0.375 e. The molecule has 1 fully saturated rings. The van der Waals surface area contributed by atoms with Crippen molar-refractivity contribution in [3.63, 3.8) is 0 Å². The van der Waals surface area contributed by atoms with Crippen LogP contribution in [0, 0.1) is 0 Å². The molecule has 68 valence electrons. The largest absolute Gasteiger partial charge is 0.460 e. The minimum absolute atomic E-state index is 0.108. The number of hydrazone groups is 1. The second-order valence-corrected chi connectivity index (χ2v) is 2.62. The molecule has 0 unspecified atom stereocenters. The molecular formula is C7H13N3O2. The summed E-state index contributed by atoms with van der Waals surface area (Å²) in [5.41, 5.74) is 8.05. The molecule has 12 heavy (non-hydrogen) atoms. The molecule has 1 aliphatic carbocycles. The van der Waals surface area contributed by atoms with Gasteiger partial charge in [0.05, 0.1) is 6.61 Å². The van der Waals surface area contributed by atoms with Crippen molar-refractivity contribution < 1.29 is 9.53 Å². The van der Waals surface area contributed by atoms with E-state index < -0.39 is 5.97 Å². The van der Waals surface area contributed by atoms with Gasteiger partial charge >= 0.3 is 5.97 Å². The topological polar surface area (TPSA) is 76.7 Å². The van der Waals surface area contributed by atoms with Crippen molar-refractivity contribution in [2.75, 3.05) is 6.61 Å². The monoisotopic (exact) mass is 171 g/mol. The highest BCUT2D eigenvalue weighted by Crippen LogP contribution is 2.18. The summed E-state index contributed by atoms with van der Waals surface area (Å²) in [5, 5.41) is 3.67. The zero-order valence-electron chi connectivity index (χ0n) is 7.04. The van der Waals surface area contributed by atoms with E-state index in [1.807, 2.05) is 0 Å². The number of carbonyl (C=O) groups excluding carboxylic acids is 1. The first-order valence-electron chi connectivity index (χ1n) is 4.00. The Morgan fingerprint density at radius 2 is 2.42 bits per heavy atom. The molecule has 0 heterocycles. The van der Waals surface area contributed by atoms with Crippen LogP contribution in [0.2, 0.25) is 0 Å². The standard InChI is InChI=1S/C7H13N3O2/c1-2-12-7(11)6(8)10-9-5-3-4-5/h5,9H,2-4H2,1H3,(H2,8,10). The third kappa shape index (κ3) is 2.77. The Morgan fingerprint density at radius 3 is 2.92 bits per heavy atom. The lowest BCUT2D eigenvalue weighted by Crippen LogP contribution is -2.29. The molecule has 3 N–H and O–H groups in total. The van der Waals surface area contributed by atoms with E-state index in [-0.39, 0.29) is 5.84 Å². The fraction of sp³-hybridized carbons (Fsp3) is 0.714. The number of nitrogens with zero attached hydrogens (tertiary/aromatic N) is 1. The van der Waals surface area contributed by atoms with Crippen LogP contribution in [0.25, 0.3) is 0 Å². The van der Waals surface area contributed by atoms with Gasteiger partial charge in [0.15, 0.2) is 0 Å². The number of nitrogens with one attached hydrogen (secondary N) is 1. The maximum absolute atomic E-state index is 10.9. The van der Waals surface area contributed by atoms with Crippen molar-refractivity contribution in [1.82, 2.24) is 5.43 Å². The third-order valence-electron chi connectivity index (χ3n) is 1.43. The number of esters is 1. The summed E-state index contributed by atoms with van der Waals surface area (Å²) in [6.45, 7) is 2.04. The van der Waals surface area contributed by atoms with Crippen LogP contribution < -0.4 is 11.2 Å². The first-order chi connectivity index (χ1) is 5.74. The van der Waals surface area contributed by atoms with Gasteiger partial charge in [-0.05, 0) is 19.8 Å². The normalized spacial score (nSPS) is 17.2. The quantitative estimate of drug-likeness (QED) is 0.261. The highest BCUT2D eigenvalue weighted by molar-refractivity contribution is 6.34.